The third kappa shape index (κ3) is 6.76. The van der Waals surface area contributed by atoms with Crippen LogP contribution in [0.15, 0.2) is 261 Å². The number of hydrogen-bond acceptors (Lipinski definition) is 1. The first-order valence-corrected chi connectivity index (χ1v) is 26.8. The molecule has 1 fully saturated rings. The van der Waals surface area contributed by atoms with E-state index in [4.69, 9.17) is 0 Å². The molecule has 0 radical (unpaired) electrons. The molecule has 0 aliphatic heterocycles. The van der Waals surface area contributed by atoms with Crippen molar-refractivity contribution in [1.29, 1.82) is 0 Å². The van der Waals surface area contributed by atoms with E-state index in [1.165, 1.54) is 132 Å². The first kappa shape index (κ1) is 44.2. The molecule has 354 valence electrons. The summed E-state index contributed by atoms with van der Waals surface area (Å²) in [6.45, 7) is 2.42. The van der Waals surface area contributed by atoms with Crippen LogP contribution in [0.4, 0.5) is 17.1 Å². The fourth-order valence-corrected chi connectivity index (χ4v) is 13.9. The molecule has 1 atom stereocenters. The zero-order valence-electron chi connectivity index (χ0n) is 41.9. The van der Waals surface area contributed by atoms with E-state index in [1.54, 1.807) is 0 Å². The maximum absolute atomic E-state index is 2.59. The van der Waals surface area contributed by atoms with Crippen LogP contribution in [0.1, 0.15) is 89.5 Å². The molecule has 0 amide bonds. The number of hydrogen-bond donors (Lipinski definition) is 0. The van der Waals surface area contributed by atoms with Crippen molar-refractivity contribution in [3.05, 3.63) is 305 Å². The third-order valence-electron chi connectivity index (χ3n) is 17.2. The standard InChI is InChI=1S/C73H57N/c1-72(53-28-8-3-9-29-53)65-40-18-14-35-59(65)61-46-44-52(48-67(61)72)57-34-16-20-42-69(57)74(70-43-21-17-37-63(70)64-39-23-27-51-26-22-38-58(71(51)64)50-24-6-2-7-25-50)56-45-47-62-60-36-15-19-41-66(60)73(68(62)49-56,54-30-10-4-11-31-54)55-32-12-5-13-33-55/h3-5,8-23,26-50H,2,6-7,24-25H2,1H3. The zero-order chi connectivity index (χ0) is 49.2. The lowest BCUT2D eigenvalue weighted by Gasteiger charge is -2.35. The van der Waals surface area contributed by atoms with E-state index in [1.807, 2.05) is 0 Å². The van der Waals surface area contributed by atoms with Crippen molar-refractivity contribution in [3.8, 4) is 44.5 Å². The number of rotatable bonds is 9. The van der Waals surface area contributed by atoms with Gasteiger partial charge < -0.3 is 4.90 Å². The molecule has 0 bridgehead atoms. The van der Waals surface area contributed by atoms with Gasteiger partial charge in [0.15, 0.2) is 0 Å². The molecule has 1 heteroatoms. The van der Waals surface area contributed by atoms with Crippen LogP contribution >= 0.6 is 0 Å². The molecule has 0 saturated heterocycles. The van der Waals surface area contributed by atoms with Gasteiger partial charge in [-0.2, -0.15) is 0 Å². The van der Waals surface area contributed by atoms with Crippen molar-refractivity contribution < 1.29 is 0 Å². The van der Waals surface area contributed by atoms with Crippen LogP contribution in [0, 0.1) is 0 Å². The molecule has 1 saturated carbocycles. The smallest absolute Gasteiger partial charge is 0.0714 e. The summed E-state index contributed by atoms with van der Waals surface area (Å²) >= 11 is 0. The van der Waals surface area contributed by atoms with Crippen LogP contribution in [0.5, 0.6) is 0 Å². The average molecular weight is 948 g/mol. The van der Waals surface area contributed by atoms with Crippen LogP contribution in [-0.2, 0) is 10.8 Å². The molecule has 11 aromatic rings. The van der Waals surface area contributed by atoms with Crippen molar-refractivity contribution >= 4 is 27.8 Å². The fourth-order valence-electron chi connectivity index (χ4n) is 13.9. The Bertz CT molecular complexity index is 3860. The first-order chi connectivity index (χ1) is 36.6. The van der Waals surface area contributed by atoms with Crippen molar-refractivity contribution in [3.63, 3.8) is 0 Å². The Morgan fingerprint density at radius 2 is 0.851 bits per heavy atom. The Hall–Kier alpha value is -8.52. The topological polar surface area (TPSA) is 3.24 Å². The van der Waals surface area contributed by atoms with Crippen molar-refractivity contribution in [1.82, 2.24) is 0 Å². The normalized spacial score (nSPS) is 16.3. The molecule has 14 rings (SSSR count). The molecule has 74 heavy (non-hydrogen) atoms. The number of nitrogens with zero attached hydrogens (tertiary/aromatic N) is 1. The number of anilines is 3. The van der Waals surface area contributed by atoms with E-state index in [-0.39, 0.29) is 5.41 Å². The Labute approximate surface area is 436 Å². The largest absolute Gasteiger partial charge is 0.309 e. The van der Waals surface area contributed by atoms with Crippen LogP contribution in [0.2, 0.25) is 0 Å². The van der Waals surface area contributed by atoms with Crippen molar-refractivity contribution in [2.75, 3.05) is 4.90 Å². The van der Waals surface area contributed by atoms with Gasteiger partial charge in [-0.3, -0.25) is 0 Å². The highest BCUT2D eigenvalue weighted by Crippen LogP contribution is 2.59. The Balaban J connectivity index is 1.04. The number of benzene rings is 11. The molecule has 1 unspecified atom stereocenters. The molecular formula is C73H57N. The van der Waals surface area contributed by atoms with Gasteiger partial charge in [0.2, 0.25) is 0 Å². The molecule has 0 heterocycles. The zero-order valence-corrected chi connectivity index (χ0v) is 41.9. The van der Waals surface area contributed by atoms with Gasteiger partial charge >= 0.3 is 0 Å². The van der Waals surface area contributed by atoms with Crippen molar-refractivity contribution in [2.45, 2.75) is 55.8 Å². The molecule has 0 N–H and O–H groups in total. The summed E-state index contributed by atoms with van der Waals surface area (Å²) in [5.41, 5.74) is 23.1. The Morgan fingerprint density at radius 1 is 0.351 bits per heavy atom. The van der Waals surface area contributed by atoms with Gasteiger partial charge in [-0.25, -0.2) is 0 Å². The lowest BCUT2D eigenvalue weighted by atomic mass is 9.67. The predicted molar refractivity (Wildman–Crippen MR) is 310 cm³/mol. The quantitative estimate of drug-likeness (QED) is 0.139. The molecule has 3 aliphatic carbocycles. The van der Waals surface area contributed by atoms with E-state index in [2.05, 4.69) is 273 Å². The second-order valence-electron chi connectivity index (χ2n) is 21.0. The Morgan fingerprint density at radius 3 is 1.54 bits per heavy atom. The molecule has 0 aromatic heterocycles. The minimum atomic E-state index is -0.559. The van der Waals surface area contributed by atoms with E-state index >= 15 is 0 Å². The maximum Gasteiger partial charge on any atom is 0.0714 e. The van der Waals surface area contributed by atoms with Gasteiger partial charge in [-0.15, -0.1) is 0 Å². The van der Waals surface area contributed by atoms with Gasteiger partial charge in [0.25, 0.3) is 0 Å². The van der Waals surface area contributed by atoms with E-state index in [0.29, 0.717) is 5.92 Å². The average Bonchev–Trinajstić information content (AvgIpc) is 3.99. The summed E-state index contributed by atoms with van der Waals surface area (Å²) in [6, 6.07) is 98.6. The summed E-state index contributed by atoms with van der Waals surface area (Å²) in [4.78, 5) is 2.59. The summed E-state index contributed by atoms with van der Waals surface area (Å²) in [7, 11) is 0. The van der Waals surface area contributed by atoms with E-state index in [0.717, 1.165) is 17.1 Å². The summed E-state index contributed by atoms with van der Waals surface area (Å²) in [6.07, 6.45) is 6.39. The van der Waals surface area contributed by atoms with Crippen LogP contribution < -0.4 is 4.90 Å². The van der Waals surface area contributed by atoms with Crippen molar-refractivity contribution in [2.24, 2.45) is 0 Å². The summed E-state index contributed by atoms with van der Waals surface area (Å²) < 4.78 is 0. The lowest BCUT2D eigenvalue weighted by Crippen LogP contribution is -2.28. The van der Waals surface area contributed by atoms with Crippen LogP contribution in [0.25, 0.3) is 55.3 Å². The summed E-state index contributed by atoms with van der Waals surface area (Å²) in [5.74, 6) is 0.549. The summed E-state index contributed by atoms with van der Waals surface area (Å²) in [5, 5.41) is 2.69. The highest BCUT2D eigenvalue weighted by atomic mass is 15.1. The molecule has 3 aliphatic rings. The minimum Gasteiger partial charge on any atom is -0.309 e. The van der Waals surface area contributed by atoms with Crippen LogP contribution in [-0.4, -0.2) is 0 Å². The Kier molecular flexibility index (Phi) is 10.7. The van der Waals surface area contributed by atoms with Gasteiger partial charge in [0.05, 0.1) is 16.8 Å². The molecule has 11 aromatic carbocycles. The second kappa shape index (κ2) is 17.9. The van der Waals surface area contributed by atoms with E-state index in [9.17, 15) is 0 Å². The second-order valence-corrected chi connectivity index (χ2v) is 21.0. The molecule has 0 spiro atoms. The van der Waals surface area contributed by atoms with E-state index < -0.39 is 5.41 Å². The molecular weight excluding hydrogens is 891 g/mol. The van der Waals surface area contributed by atoms with Gasteiger partial charge in [0.1, 0.15) is 0 Å². The van der Waals surface area contributed by atoms with Crippen LogP contribution in [0.3, 0.4) is 0 Å². The highest BCUT2D eigenvalue weighted by molar-refractivity contribution is 6.05. The number of fused-ring (bicyclic) bond motifs is 7. The van der Waals surface area contributed by atoms with Gasteiger partial charge in [0, 0.05) is 22.2 Å². The maximum atomic E-state index is 2.59. The monoisotopic (exact) mass is 947 g/mol. The lowest BCUT2D eigenvalue weighted by molar-refractivity contribution is 0.445. The first-order valence-electron chi connectivity index (χ1n) is 26.8. The molecule has 1 nitrogen and oxygen atoms in total. The predicted octanol–water partition coefficient (Wildman–Crippen LogP) is 19.4. The third-order valence-corrected chi connectivity index (χ3v) is 17.2. The van der Waals surface area contributed by atoms with Gasteiger partial charge in [-0.05, 0) is 145 Å². The van der Waals surface area contributed by atoms with Gasteiger partial charge in [-0.1, -0.05) is 250 Å². The highest BCUT2D eigenvalue weighted by Gasteiger charge is 2.47. The SMILES string of the molecule is CC1(c2ccccc2)c2ccccc2-c2ccc(-c3ccccc3N(c3ccc4c(c3)C(c3ccccc3)(c3ccccc3)c3ccccc3-4)c3ccccc3-c3cccc4cccc(C5CCCCC5)c34)cc21. The fraction of sp³-hybridized carbons (Fsp3) is 0.123. The number of para-hydroxylation sites is 2. The minimum absolute atomic E-state index is 0.331.